The van der Waals surface area contributed by atoms with E-state index < -0.39 is 0 Å². The lowest BCUT2D eigenvalue weighted by Gasteiger charge is -2.03. The monoisotopic (exact) mass is 302 g/mol. The smallest absolute Gasteiger partial charge is 0.249 e. The third kappa shape index (κ3) is 2.20. The summed E-state index contributed by atoms with van der Waals surface area (Å²) in [6, 6.07) is 5.51. The van der Waals surface area contributed by atoms with E-state index in [9.17, 15) is 0 Å². The molecule has 0 fully saturated rings. The van der Waals surface area contributed by atoms with E-state index in [1.54, 1.807) is 7.11 Å². The van der Waals surface area contributed by atoms with E-state index in [4.69, 9.17) is 20.8 Å². The van der Waals surface area contributed by atoms with E-state index in [2.05, 4.69) is 26.1 Å². The topological polar surface area (TPSA) is 48.2 Å². The number of benzene rings is 1. The molecule has 2 aromatic rings. The van der Waals surface area contributed by atoms with Crippen molar-refractivity contribution in [2.45, 2.75) is 5.88 Å². The summed E-state index contributed by atoms with van der Waals surface area (Å²) < 4.78 is 11.3. The number of aromatic nitrogens is 2. The minimum atomic E-state index is 0.203. The number of methoxy groups -OCH3 is 1. The Morgan fingerprint density at radius 2 is 2.25 bits per heavy atom. The van der Waals surface area contributed by atoms with Crippen LogP contribution >= 0.6 is 27.5 Å². The van der Waals surface area contributed by atoms with Crippen LogP contribution in [0.15, 0.2) is 27.1 Å². The van der Waals surface area contributed by atoms with Gasteiger partial charge in [0, 0.05) is 4.47 Å². The van der Waals surface area contributed by atoms with Gasteiger partial charge in [0.25, 0.3) is 0 Å². The maximum Gasteiger partial charge on any atom is 0.249 e. The highest BCUT2D eigenvalue weighted by Crippen LogP contribution is 2.30. The molecule has 0 radical (unpaired) electrons. The molecule has 16 heavy (non-hydrogen) atoms. The number of ether oxygens (including phenoxy) is 1. The highest BCUT2D eigenvalue weighted by molar-refractivity contribution is 9.10. The van der Waals surface area contributed by atoms with E-state index in [0.717, 1.165) is 15.8 Å². The Bertz CT molecular complexity index is 501. The fraction of sp³-hybridized carbons (Fsp3) is 0.200. The van der Waals surface area contributed by atoms with Crippen LogP contribution in [0.2, 0.25) is 0 Å². The van der Waals surface area contributed by atoms with Crippen LogP contribution in [-0.4, -0.2) is 17.3 Å². The SMILES string of the molecule is COc1ccc(Br)c(-c2nnc(CCl)o2)c1. The maximum absolute atomic E-state index is 5.59. The number of rotatable bonds is 3. The van der Waals surface area contributed by atoms with E-state index in [-0.39, 0.29) is 5.88 Å². The molecule has 0 saturated carbocycles. The molecule has 0 aliphatic rings. The van der Waals surface area contributed by atoms with Crippen molar-refractivity contribution in [3.63, 3.8) is 0 Å². The number of nitrogens with zero attached hydrogens (tertiary/aromatic N) is 2. The van der Waals surface area contributed by atoms with Crippen LogP contribution in [0.4, 0.5) is 0 Å². The van der Waals surface area contributed by atoms with Gasteiger partial charge in [0.1, 0.15) is 11.6 Å². The van der Waals surface area contributed by atoms with Gasteiger partial charge in [-0.15, -0.1) is 21.8 Å². The second-order valence-electron chi connectivity index (χ2n) is 2.98. The summed E-state index contributed by atoms with van der Waals surface area (Å²) in [5.74, 6) is 1.74. The van der Waals surface area contributed by atoms with Crippen LogP contribution in [0.1, 0.15) is 5.89 Å². The molecular formula is C10H8BrClN2O2. The predicted molar refractivity (Wildman–Crippen MR) is 63.5 cm³/mol. The van der Waals surface area contributed by atoms with Crippen molar-refractivity contribution in [1.29, 1.82) is 0 Å². The molecule has 0 atom stereocenters. The van der Waals surface area contributed by atoms with Crippen LogP contribution in [-0.2, 0) is 5.88 Å². The molecule has 1 aromatic carbocycles. The Labute approximate surface area is 106 Å². The molecule has 0 aliphatic carbocycles. The van der Waals surface area contributed by atoms with Crippen LogP contribution in [0.25, 0.3) is 11.5 Å². The third-order valence-corrected chi connectivity index (χ3v) is 2.91. The number of hydrogen-bond donors (Lipinski definition) is 0. The molecule has 84 valence electrons. The molecule has 0 N–H and O–H groups in total. The zero-order chi connectivity index (χ0) is 11.5. The lowest BCUT2D eigenvalue weighted by atomic mass is 10.2. The first-order valence-electron chi connectivity index (χ1n) is 4.47. The first-order valence-corrected chi connectivity index (χ1v) is 5.79. The molecule has 1 aromatic heterocycles. The molecule has 0 unspecified atom stereocenters. The second kappa shape index (κ2) is 4.84. The quantitative estimate of drug-likeness (QED) is 0.817. The van der Waals surface area contributed by atoms with Gasteiger partial charge in [0.15, 0.2) is 0 Å². The molecule has 2 rings (SSSR count). The Morgan fingerprint density at radius 1 is 1.44 bits per heavy atom. The molecule has 6 heteroatoms. The Hall–Kier alpha value is -1.07. The zero-order valence-corrected chi connectivity index (χ0v) is 10.7. The van der Waals surface area contributed by atoms with Crippen LogP contribution in [0.5, 0.6) is 5.75 Å². The molecule has 1 heterocycles. The van der Waals surface area contributed by atoms with E-state index in [0.29, 0.717) is 11.8 Å². The summed E-state index contributed by atoms with van der Waals surface area (Å²) in [5.41, 5.74) is 0.781. The van der Waals surface area contributed by atoms with E-state index in [1.165, 1.54) is 0 Å². The van der Waals surface area contributed by atoms with Crippen molar-refractivity contribution in [3.05, 3.63) is 28.6 Å². The average molecular weight is 304 g/mol. The van der Waals surface area contributed by atoms with Crippen LogP contribution in [0, 0.1) is 0 Å². The minimum Gasteiger partial charge on any atom is -0.497 e. The number of hydrogen-bond acceptors (Lipinski definition) is 4. The molecule has 0 bridgehead atoms. The van der Waals surface area contributed by atoms with Gasteiger partial charge >= 0.3 is 0 Å². The molecule has 0 saturated heterocycles. The molecule has 4 nitrogen and oxygen atoms in total. The largest absolute Gasteiger partial charge is 0.497 e. The summed E-state index contributed by atoms with van der Waals surface area (Å²) >= 11 is 9.00. The molecule has 0 aliphatic heterocycles. The third-order valence-electron chi connectivity index (χ3n) is 1.99. The van der Waals surface area contributed by atoms with E-state index >= 15 is 0 Å². The highest BCUT2D eigenvalue weighted by atomic mass is 79.9. The lowest BCUT2D eigenvalue weighted by Crippen LogP contribution is -1.85. The van der Waals surface area contributed by atoms with Gasteiger partial charge in [-0.2, -0.15) is 0 Å². The van der Waals surface area contributed by atoms with Crippen molar-refractivity contribution >= 4 is 27.5 Å². The molecule has 0 amide bonds. The summed E-state index contributed by atoms with van der Waals surface area (Å²) in [7, 11) is 1.60. The van der Waals surface area contributed by atoms with Crippen molar-refractivity contribution < 1.29 is 9.15 Å². The van der Waals surface area contributed by atoms with Gasteiger partial charge in [0.05, 0.1) is 12.7 Å². The van der Waals surface area contributed by atoms with Crippen LogP contribution < -0.4 is 4.74 Å². The average Bonchev–Trinajstić information content (AvgIpc) is 2.78. The molecule has 0 spiro atoms. The predicted octanol–water partition coefficient (Wildman–Crippen LogP) is 3.25. The Balaban J connectivity index is 2.45. The van der Waals surface area contributed by atoms with Gasteiger partial charge in [-0.3, -0.25) is 0 Å². The highest BCUT2D eigenvalue weighted by Gasteiger charge is 2.12. The van der Waals surface area contributed by atoms with Gasteiger partial charge in [0.2, 0.25) is 11.8 Å². The standard InChI is InChI=1S/C10H8BrClN2O2/c1-15-6-2-3-8(11)7(4-6)10-14-13-9(5-12)16-10/h2-4H,5H2,1H3. The lowest BCUT2D eigenvalue weighted by molar-refractivity contribution is 0.414. The van der Waals surface area contributed by atoms with Crippen LogP contribution in [0.3, 0.4) is 0 Å². The van der Waals surface area contributed by atoms with Crippen molar-refractivity contribution in [2.24, 2.45) is 0 Å². The summed E-state index contributed by atoms with van der Waals surface area (Å²) in [4.78, 5) is 0. The number of alkyl halides is 1. The normalized spacial score (nSPS) is 10.4. The number of halogens is 2. The molecular weight excluding hydrogens is 295 g/mol. The van der Waals surface area contributed by atoms with Gasteiger partial charge in [-0.05, 0) is 34.1 Å². The van der Waals surface area contributed by atoms with Crippen molar-refractivity contribution in [1.82, 2.24) is 10.2 Å². The van der Waals surface area contributed by atoms with Gasteiger partial charge in [-0.25, -0.2) is 0 Å². The minimum absolute atomic E-state index is 0.203. The first kappa shape index (κ1) is 11.4. The first-order chi connectivity index (χ1) is 7.74. The van der Waals surface area contributed by atoms with Gasteiger partial charge in [-0.1, -0.05) is 0 Å². The summed E-state index contributed by atoms with van der Waals surface area (Å²) in [6.07, 6.45) is 0. The van der Waals surface area contributed by atoms with Gasteiger partial charge < -0.3 is 9.15 Å². The van der Waals surface area contributed by atoms with E-state index in [1.807, 2.05) is 18.2 Å². The maximum atomic E-state index is 5.59. The Kier molecular flexibility index (Phi) is 3.46. The summed E-state index contributed by atoms with van der Waals surface area (Å²) in [6.45, 7) is 0. The fourth-order valence-corrected chi connectivity index (χ4v) is 1.74. The van der Waals surface area contributed by atoms with Crippen molar-refractivity contribution in [3.8, 4) is 17.2 Å². The summed E-state index contributed by atoms with van der Waals surface area (Å²) in [5, 5.41) is 7.70. The second-order valence-corrected chi connectivity index (χ2v) is 4.10. The Morgan fingerprint density at radius 3 is 2.88 bits per heavy atom. The zero-order valence-electron chi connectivity index (χ0n) is 8.41. The fourth-order valence-electron chi connectivity index (χ4n) is 1.21. The van der Waals surface area contributed by atoms with Crippen molar-refractivity contribution in [2.75, 3.05) is 7.11 Å².